The van der Waals surface area contributed by atoms with Crippen molar-refractivity contribution in [2.24, 2.45) is 0 Å². The molecule has 0 saturated heterocycles. The molecule has 0 aliphatic heterocycles. The Balaban J connectivity index is 2.27. The van der Waals surface area contributed by atoms with Gasteiger partial charge in [0.15, 0.2) is 5.78 Å². The standard InChI is InChI=1S/C13H18O2S/c1-3-15-13(7-4-5-8-13)12(14)11-6-9-16-10(11)2/h6,9H,3-5,7-8H2,1-2H3. The molecule has 0 amide bonds. The Morgan fingerprint density at radius 1 is 1.50 bits per heavy atom. The van der Waals surface area contributed by atoms with E-state index in [1.165, 1.54) is 0 Å². The van der Waals surface area contributed by atoms with Gasteiger partial charge in [-0.3, -0.25) is 4.79 Å². The Morgan fingerprint density at radius 2 is 2.19 bits per heavy atom. The van der Waals surface area contributed by atoms with Gasteiger partial charge in [-0.15, -0.1) is 11.3 Å². The van der Waals surface area contributed by atoms with E-state index >= 15 is 0 Å². The Kier molecular flexibility index (Phi) is 3.45. The molecule has 88 valence electrons. The molecule has 3 heteroatoms. The highest BCUT2D eigenvalue weighted by atomic mass is 32.1. The molecular formula is C13H18O2S. The highest BCUT2D eigenvalue weighted by Crippen LogP contribution is 2.37. The van der Waals surface area contributed by atoms with Gasteiger partial charge in [0.05, 0.1) is 0 Å². The summed E-state index contributed by atoms with van der Waals surface area (Å²) in [4.78, 5) is 13.6. The minimum atomic E-state index is -0.513. The number of ether oxygens (including phenoxy) is 1. The zero-order valence-corrected chi connectivity index (χ0v) is 10.7. The van der Waals surface area contributed by atoms with Gasteiger partial charge in [-0.25, -0.2) is 0 Å². The molecule has 1 aromatic heterocycles. The summed E-state index contributed by atoms with van der Waals surface area (Å²) in [5, 5.41) is 1.98. The Labute approximate surface area is 101 Å². The average molecular weight is 238 g/mol. The second-order valence-corrected chi connectivity index (χ2v) is 5.47. The number of aryl methyl sites for hydroxylation is 1. The fourth-order valence-electron chi connectivity index (χ4n) is 2.53. The van der Waals surface area contributed by atoms with Crippen LogP contribution in [-0.4, -0.2) is 18.0 Å². The summed E-state index contributed by atoms with van der Waals surface area (Å²) in [6.45, 7) is 4.59. The molecule has 0 N–H and O–H groups in total. The van der Waals surface area contributed by atoms with Crippen LogP contribution in [0, 0.1) is 6.92 Å². The molecule has 0 bridgehead atoms. The largest absolute Gasteiger partial charge is 0.367 e. The Bertz CT molecular complexity index is 375. The van der Waals surface area contributed by atoms with Crippen LogP contribution in [-0.2, 0) is 4.74 Å². The maximum atomic E-state index is 12.5. The minimum absolute atomic E-state index is 0.200. The zero-order chi connectivity index (χ0) is 11.6. The van der Waals surface area contributed by atoms with Crippen LogP contribution in [0.2, 0.25) is 0 Å². The van der Waals surface area contributed by atoms with Gasteiger partial charge in [0.25, 0.3) is 0 Å². The normalized spacial score (nSPS) is 18.9. The highest BCUT2D eigenvalue weighted by molar-refractivity contribution is 7.10. The molecule has 1 aliphatic carbocycles. The summed E-state index contributed by atoms with van der Waals surface area (Å²) in [5.41, 5.74) is 0.348. The van der Waals surface area contributed by atoms with Gasteiger partial charge >= 0.3 is 0 Å². The van der Waals surface area contributed by atoms with Crippen LogP contribution in [0.15, 0.2) is 11.4 Å². The molecule has 16 heavy (non-hydrogen) atoms. The molecule has 2 rings (SSSR count). The second kappa shape index (κ2) is 4.68. The molecule has 0 radical (unpaired) electrons. The average Bonchev–Trinajstić information content (AvgIpc) is 2.87. The van der Waals surface area contributed by atoms with Crippen LogP contribution in [0.3, 0.4) is 0 Å². The topological polar surface area (TPSA) is 26.3 Å². The Hall–Kier alpha value is -0.670. The number of Topliss-reactive ketones (excluding diaryl/α,β-unsaturated/α-hetero) is 1. The molecular weight excluding hydrogens is 220 g/mol. The first-order valence-electron chi connectivity index (χ1n) is 5.92. The second-order valence-electron chi connectivity index (χ2n) is 4.35. The van der Waals surface area contributed by atoms with Crippen molar-refractivity contribution in [3.63, 3.8) is 0 Å². The van der Waals surface area contributed by atoms with E-state index in [1.807, 2.05) is 25.3 Å². The lowest BCUT2D eigenvalue weighted by Gasteiger charge is -2.27. The number of hydrogen-bond donors (Lipinski definition) is 0. The first-order valence-corrected chi connectivity index (χ1v) is 6.80. The fraction of sp³-hybridized carbons (Fsp3) is 0.615. The van der Waals surface area contributed by atoms with Crippen molar-refractivity contribution < 1.29 is 9.53 Å². The first-order chi connectivity index (χ1) is 7.69. The molecule has 0 spiro atoms. The van der Waals surface area contributed by atoms with Crippen molar-refractivity contribution >= 4 is 17.1 Å². The lowest BCUT2D eigenvalue weighted by atomic mass is 9.91. The van der Waals surface area contributed by atoms with Crippen LogP contribution < -0.4 is 0 Å². The van der Waals surface area contributed by atoms with Gasteiger partial charge in [0.2, 0.25) is 0 Å². The van der Waals surface area contributed by atoms with Crippen LogP contribution in [0.25, 0.3) is 0 Å². The van der Waals surface area contributed by atoms with Crippen LogP contribution in [0.5, 0.6) is 0 Å². The monoisotopic (exact) mass is 238 g/mol. The molecule has 1 heterocycles. The number of thiophene rings is 1. The first kappa shape index (κ1) is 11.8. The molecule has 0 aromatic carbocycles. The summed E-state index contributed by atoms with van der Waals surface area (Å²) in [7, 11) is 0. The van der Waals surface area contributed by atoms with Gasteiger partial charge in [0.1, 0.15) is 5.60 Å². The SMILES string of the molecule is CCOC1(C(=O)c2ccsc2C)CCCC1. The third-order valence-electron chi connectivity index (χ3n) is 3.35. The van der Waals surface area contributed by atoms with E-state index in [4.69, 9.17) is 4.74 Å². The minimum Gasteiger partial charge on any atom is -0.367 e. The van der Waals surface area contributed by atoms with E-state index < -0.39 is 5.60 Å². The number of rotatable bonds is 4. The lowest BCUT2D eigenvalue weighted by molar-refractivity contribution is -0.0163. The van der Waals surface area contributed by atoms with Crippen molar-refractivity contribution in [2.45, 2.75) is 45.1 Å². The van der Waals surface area contributed by atoms with E-state index in [0.29, 0.717) is 6.61 Å². The zero-order valence-electron chi connectivity index (χ0n) is 9.91. The van der Waals surface area contributed by atoms with Crippen molar-refractivity contribution in [1.82, 2.24) is 0 Å². The van der Waals surface area contributed by atoms with Crippen LogP contribution in [0.1, 0.15) is 47.8 Å². The molecule has 1 aromatic rings. The lowest BCUT2D eigenvalue weighted by Crippen LogP contribution is -2.39. The summed E-state index contributed by atoms with van der Waals surface area (Å²) in [5.74, 6) is 0.200. The summed E-state index contributed by atoms with van der Waals surface area (Å²) in [6, 6.07) is 1.93. The van der Waals surface area contributed by atoms with Gasteiger partial charge in [-0.05, 0) is 51.0 Å². The van der Waals surface area contributed by atoms with E-state index in [0.717, 1.165) is 36.1 Å². The molecule has 1 aliphatic rings. The van der Waals surface area contributed by atoms with E-state index in [1.54, 1.807) is 11.3 Å². The third kappa shape index (κ3) is 1.94. The highest BCUT2D eigenvalue weighted by Gasteiger charge is 2.42. The molecule has 0 atom stereocenters. The summed E-state index contributed by atoms with van der Waals surface area (Å²) in [6.07, 6.45) is 3.98. The fourth-order valence-corrected chi connectivity index (χ4v) is 3.22. The predicted octanol–water partition coefficient (Wildman–Crippen LogP) is 3.59. The maximum Gasteiger partial charge on any atom is 0.195 e. The molecule has 2 nitrogen and oxygen atoms in total. The van der Waals surface area contributed by atoms with Crippen molar-refractivity contribution in [3.8, 4) is 0 Å². The van der Waals surface area contributed by atoms with Crippen molar-refractivity contribution in [1.29, 1.82) is 0 Å². The quantitative estimate of drug-likeness (QED) is 0.749. The summed E-state index contributed by atoms with van der Waals surface area (Å²) < 4.78 is 5.79. The van der Waals surface area contributed by atoms with Gasteiger partial charge in [-0.1, -0.05) is 0 Å². The Morgan fingerprint density at radius 3 is 2.69 bits per heavy atom. The predicted molar refractivity (Wildman–Crippen MR) is 66.2 cm³/mol. The van der Waals surface area contributed by atoms with Gasteiger partial charge < -0.3 is 4.74 Å². The molecule has 1 saturated carbocycles. The summed E-state index contributed by atoms with van der Waals surface area (Å²) >= 11 is 1.63. The molecule has 1 fully saturated rings. The number of carbonyl (C=O) groups is 1. The maximum absolute atomic E-state index is 12.5. The third-order valence-corrected chi connectivity index (χ3v) is 4.19. The smallest absolute Gasteiger partial charge is 0.195 e. The van der Waals surface area contributed by atoms with Crippen molar-refractivity contribution in [3.05, 3.63) is 21.9 Å². The van der Waals surface area contributed by atoms with E-state index in [2.05, 4.69) is 0 Å². The van der Waals surface area contributed by atoms with Crippen molar-refractivity contribution in [2.75, 3.05) is 6.61 Å². The van der Waals surface area contributed by atoms with Gasteiger partial charge in [-0.2, -0.15) is 0 Å². The number of hydrogen-bond acceptors (Lipinski definition) is 3. The van der Waals surface area contributed by atoms with E-state index in [-0.39, 0.29) is 5.78 Å². The molecule has 0 unspecified atom stereocenters. The van der Waals surface area contributed by atoms with Crippen LogP contribution in [0.4, 0.5) is 0 Å². The van der Waals surface area contributed by atoms with Gasteiger partial charge in [0, 0.05) is 17.0 Å². The van der Waals surface area contributed by atoms with Crippen LogP contribution >= 0.6 is 11.3 Å². The van der Waals surface area contributed by atoms with E-state index in [9.17, 15) is 4.79 Å². The number of carbonyl (C=O) groups excluding carboxylic acids is 1. The number of ketones is 1.